The lowest BCUT2D eigenvalue weighted by atomic mass is 9.85. The Labute approximate surface area is 159 Å². The van der Waals surface area contributed by atoms with Crippen molar-refractivity contribution in [2.24, 2.45) is 0 Å². The number of nitro groups is 1. The lowest BCUT2D eigenvalue weighted by Gasteiger charge is -2.42. The fourth-order valence-electron chi connectivity index (χ4n) is 3.48. The van der Waals surface area contributed by atoms with Crippen molar-refractivity contribution in [2.75, 3.05) is 13.1 Å². The van der Waals surface area contributed by atoms with Gasteiger partial charge in [-0.05, 0) is 25.5 Å². The normalized spacial score (nSPS) is 18.6. The lowest BCUT2D eigenvalue weighted by Crippen LogP contribution is -2.54. The van der Waals surface area contributed by atoms with Crippen LogP contribution in [0.3, 0.4) is 0 Å². The van der Waals surface area contributed by atoms with E-state index in [-0.39, 0.29) is 29.9 Å². The Morgan fingerprint density at radius 1 is 1.36 bits per heavy atom. The van der Waals surface area contributed by atoms with Gasteiger partial charge in [0.05, 0.1) is 17.0 Å². The molecule has 10 nitrogen and oxygen atoms in total. The molecule has 3 N–H and O–H groups in total. The zero-order valence-electron chi connectivity index (χ0n) is 15.2. The number of nitro benzene ring substituents is 1. The molecule has 3 rings (SSSR count). The van der Waals surface area contributed by atoms with Crippen LogP contribution in [-0.2, 0) is 4.79 Å². The maximum Gasteiger partial charge on any atom is 0.317 e. The Hall–Kier alpha value is -3.27. The second-order valence-electron chi connectivity index (χ2n) is 6.79. The Balaban J connectivity index is 1.76. The van der Waals surface area contributed by atoms with Gasteiger partial charge in [-0.1, -0.05) is 6.92 Å². The molecule has 1 saturated carbocycles. The Kier molecular flexibility index (Phi) is 5.41. The number of aromatic amines is 1. The van der Waals surface area contributed by atoms with Gasteiger partial charge in [0.1, 0.15) is 0 Å². The van der Waals surface area contributed by atoms with Crippen LogP contribution < -0.4 is 10.9 Å². The molecule has 0 spiro atoms. The van der Waals surface area contributed by atoms with E-state index < -0.39 is 22.4 Å². The number of carbonyl (C=O) groups excluding carboxylic acids is 1. The second-order valence-corrected chi connectivity index (χ2v) is 6.79. The average molecular weight is 388 g/mol. The van der Waals surface area contributed by atoms with E-state index in [2.05, 4.69) is 10.3 Å². The first kappa shape index (κ1) is 19.5. The number of H-pyrrole nitrogens is 1. The quantitative estimate of drug-likeness (QED) is 0.475. The third kappa shape index (κ3) is 4.01. The number of pyridine rings is 1. The predicted molar refractivity (Wildman–Crippen MR) is 100 cm³/mol. The average Bonchev–Trinajstić information content (AvgIpc) is 2.61. The monoisotopic (exact) mass is 388 g/mol. The fraction of sp³-hybridized carbons (Fsp3) is 0.389. The summed E-state index contributed by atoms with van der Waals surface area (Å²) in [6, 6.07) is 4.97. The Bertz CT molecular complexity index is 995. The van der Waals surface area contributed by atoms with Crippen molar-refractivity contribution >= 4 is 28.5 Å². The smallest absolute Gasteiger partial charge is 0.317 e. The number of likely N-dealkylation sites (N-methyl/N-ethyl adjacent to an activating group) is 1. The summed E-state index contributed by atoms with van der Waals surface area (Å²) in [6.45, 7) is 2.42. The molecule has 1 aliphatic carbocycles. The van der Waals surface area contributed by atoms with E-state index in [0.29, 0.717) is 30.3 Å². The van der Waals surface area contributed by atoms with Gasteiger partial charge in [-0.2, -0.15) is 0 Å². The molecule has 0 atom stereocenters. The predicted octanol–water partition coefficient (Wildman–Crippen LogP) is 1.10. The Morgan fingerprint density at radius 3 is 2.68 bits per heavy atom. The third-order valence-electron chi connectivity index (χ3n) is 4.99. The van der Waals surface area contributed by atoms with Gasteiger partial charge in [0.15, 0.2) is 0 Å². The highest BCUT2D eigenvalue weighted by Gasteiger charge is 2.35. The highest BCUT2D eigenvalue weighted by molar-refractivity contribution is 6.06. The van der Waals surface area contributed by atoms with Gasteiger partial charge in [0.2, 0.25) is 5.56 Å². The number of rotatable bonds is 7. The number of fused-ring (bicyclic) bond motifs is 1. The maximum absolute atomic E-state index is 12.7. The van der Waals surface area contributed by atoms with Crippen LogP contribution in [0.5, 0.6) is 0 Å². The summed E-state index contributed by atoms with van der Waals surface area (Å²) < 4.78 is 0. The van der Waals surface area contributed by atoms with Crippen LogP contribution in [0, 0.1) is 10.1 Å². The lowest BCUT2D eigenvalue weighted by molar-refractivity contribution is -0.384. The van der Waals surface area contributed by atoms with Crippen LogP contribution in [0.15, 0.2) is 29.1 Å². The number of hydrogen-bond donors (Lipinski definition) is 3. The molecular formula is C18H20N4O6. The van der Waals surface area contributed by atoms with Gasteiger partial charge in [-0.15, -0.1) is 0 Å². The maximum atomic E-state index is 12.7. The van der Waals surface area contributed by atoms with Crippen LogP contribution >= 0.6 is 0 Å². The standard InChI is InChI=1S/C18H20N4O6/c1-2-21(9-17(24)25)12-5-10(6-12)19-18(26)14-8-16(23)20-15-4-3-11(22(27)28)7-13(14)15/h3-4,7-8,10,12H,2,5-6,9H2,1H3,(H,19,26)(H,20,23)(H,24,25). The molecule has 1 fully saturated rings. The Morgan fingerprint density at radius 2 is 2.07 bits per heavy atom. The van der Waals surface area contributed by atoms with E-state index in [1.54, 1.807) is 0 Å². The first-order valence-corrected chi connectivity index (χ1v) is 8.86. The van der Waals surface area contributed by atoms with E-state index in [9.17, 15) is 24.5 Å². The van der Waals surface area contributed by atoms with Crippen molar-refractivity contribution < 1.29 is 19.6 Å². The molecule has 1 heterocycles. The summed E-state index contributed by atoms with van der Waals surface area (Å²) in [5.74, 6) is -1.38. The third-order valence-corrected chi connectivity index (χ3v) is 4.99. The number of benzene rings is 1. The summed E-state index contributed by atoms with van der Waals surface area (Å²) in [6.07, 6.45) is 1.21. The van der Waals surface area contributed by atoms with Gasteiger partial charge in [-0.3, -0.25) is 29.4 Å². The van der Waals surface area contributed by atoms with Crippen molar-refractivity contribution in [2.45, 2.75) is 31.8 Å². The van der Waals surface area contributed by atoms with Gasteiger partial charge in [0, 0.05) is 41.2 Å². The van der Waals surface area contributed by atoms with Crippen molar-refractivity contribution in [1.29, 1.82) is 0 Å². The molecule has 1 amide bonds. The zero-order chi connectivity index (χ0) is 20.4. The SMILES string of the molecule is CCN(CC(=O)O)C1CC(NC(=O)c2cc(=O)[nH]c3ccc([N+](=O)[O-])cc23)C1. The number of carbonyl (C=O) groups is 2. The number of non-ortho nitro benzene ring substituents is 1. The first-order chi connectivity index (χ1) is 13.3. The van der Waals surface area contributed by atoms with E-state index in [1.165, 1.54) is 18.2 Å². The van der Waals surface area contributed by atoms with Gasteiger partial charge < -0.3 is 15.4 Å². The topological polar surface area (TPSA) is 146 Å². The van der Waals surface area contributed by atoms with E-state index in [4.69, 9.17) is 5.11 Å². The zero-order valence-corrected chi connectivity index (χ0v) is 15.2. The summed E-state index contributed by atoms with van der Waals surface area (Å²) in [4.78, 5) is 50.3. The van der Waals surface area contributed by atoms with E-state index in [1.807, 2.05) is 11.8 Å². The summed E-state index contributed by atoms with van der Waals surface area (Å²) in [5.41, 5.74) is -0.238. The van der Waals surface area contributed by atoms with Crippen LogP contribution in [-0.4, -0.2) is 57.0 Å². The molecule has 148 valence electrons. The highest BCUT2D eigenvalue weighted by atomic mass is 16.6. The molecule has 2 aromatic rings. The number of nitrogens with one attached hydrogen (secondary N) is 2. The minimum absolute atomic E-state index is 0.0514. The van der Waals surface area contributed by atoms with Crippen LogP contribution in [0.2, 0.25) is 0 Å². The molecule has 0 aliphatic heterocycles. The van der Waals surface area contributed by atoms with Crippen molar-refractivity contribution in [1.82, 2.24) is 15.2 Å². The van der Waals surface area contributed by atoms with Gasteiger partial charge >= 0.3 is 5.97 Å². The minimum atomic E-state index is -0.897. The number of nitrogens with zero attached hydrogens (tertiary/aromatic N) is 2. The van der Waals surface area contributed by atoms with Crippen molar-refractivity contribution in [3.05, 3.63) is 50.3 Å². The van der Waals surface area contributed by atoms with Crippen LogP contribution in [0.4, 0.5) is 5.69 Å². The number of hydrogen-bond acceptors (Lipinski definition) is 6. The first-order valence-electron chi connectivity index (χ1n) is 8.86. The number of aromatic nitrogens is 1. The van der Waals surface area contributed by atoms with E-state index >= 15 is 0 Å². The van der Waals surface area contributed by atoms with E-state index in [0.717, 1.165) is 6.07 Å². The van der Waals surface area contributed by atoms with Crippen molar-refractivity contribution in [3.63, 3.8) is 0 Å². The highest BCUT2D eigenvalue weighted by Crippen LogP contribution is 2.27. The molecule has 0 unspecified atom stereocenters. The van der Waals surface area contributed by atoms with Gasteiger partial charge in [-0.25, -0.2) is 0 Å². The molecule has 1 aromatic carbocycles. The summed E-state index contributed by atoms with van der Waals surface area (Å²) >= 11 is 0. The minimum Gasteiger partial charge on any atom is -0.480 e. The largest absolute Gasteiger partial charge is 0.480 e. The molecule has 0 bridgehead atoms. The fourth-order valence-corrected chi connectivity index (χ4v) is 3.48. The summed E-state index contributed by atoms with van der Waals surface area (Å²) in [5, 5.41) is 23.1. The van der Waals surface area contributed by atoms with Crippen molar-refractivity contribution in [3.8, 4) is 0 Å². The number of amides is 1. The molecular weight excluding hydrogens is 368 g/mol. The molecule has 28 heavy (non-hydrogen) atoms. The van der Waals surface area contributed by atoms with Gasteiger partial charge in [0.25, 0.3) is 11.6 Å². The second kappa shape index (κ2) is 7.77. The number of aliphatic carboxylic acids is 1. The molecule has 0 saturated heterocycles. The molecule has 0 radical (unpaired) electrons. The molecule has 1 aliphatic rings. The molecule has 1 aromatic heterocycles. The summed E-state index contributed by atoms with van der Waals surface area (Å²) in [7, 11) is 0. The number of carboxylic acids is 1. The van der Waals surface area contributed by atoms with Crippen LogP contribution in [0.1, 0.15) is 30.1 Å². The number of carboxylic acid groups (broad SMARTS) is 1. The van der Waals surface area contributed by atoms with Crippen LogP contribution in [0.25, 0.3) is 10.9 Å². The molecule has 10 heteroatoms.